The van der Waals surface area contributed by atoms with Crippen LogP contribution in [0.1, 0.15) is 29.1 Å². The largest absolute Gasteiger partial charge is 0.454 e. The van der Waals surface area contributed by atoms with Gasteiger partial charge in [-0.15, -0.1) is 0 Å². The molecular weight excluding hydrogens is 337 g/mol. The van der Waals surface area contributed by atoms with Gasteiger partial charge in [0.1, 0.15) is 11.6 Å². The zero-order valence-electron chi connectivity index (χ0n) is 14.0. The molecule has 2 aromatic carbocycles. The van der Waals surface area contributed by atoms with E-state index in [1.807, 2.05) is 25.1 Å². The van der Waals surface area contributed by atoms with Gasteiger partial charge >= 0.3 is 0 Å². The molecular formula is C20H16FNO4. The van der Waals surface area contributed by atoms with Crippen LogP contribution in [0, 0.1) is 5.82 Å². The van der Waals surface area contributed by atoms with Gasteiger partial charge in [-0.05, 0) is 61.0 Å². The number of ether oxygens (including phenoxy) is 2. The third kappa shape index (κ3) is 3.13. The predicted octanol–water partition coefficient (Wildman–Crippen LogP) is 4.31. The summed E-state index contributed by atoms with van der Waals surface area (Å²) in [6, 6.07) is 14.5. The zero-order valence-corrected chi connectivity index (χ0v) is 14.0. The average Bonchev–Trinajstić information content (AvgIpc) is 3.31. The Hall–Kier alpha value is -3.28. The number of carbonyl (C=O) groups excluding carboxylic acids is 1. The van der Waals surface area contributed by atoms with Crippen LogP contribution >= 0.6 is 0 Å². The number of furan rings is 1. The maximum Gasteiger partial charge on any atom is 0.287 e. The van der Waals surface area contributed by atoms with Crippen molar-refractivity contribution in [1.82, 2.24) is 5.32 Å². The van der Waals surface area contributed by atoms with Gasteiger partial charge in [0.15, 0.2) is 17.3 Å². The molecule has 26 heavy (non-hydrogen) atoms. The van der Waals surface area contributed by atoms with Crippen molar-refractivity contribution in [3.05, 3.63) is 71.7 Å². The number of amides is 1. The molecule has 0 fully saturated rings. The quantitative estimate of drug-likeness (QED) is 0.759. The van der Waals surface area contributed by atoms with Crippen molar-refractivity contribution in [1.29, 1.82) is 0 Å². The molecule has 132 valence electrons. The van der Waals surface area contributed by atoms with Gasteiger partial charge in [0.05, 0.1) is 6.04 Å². The summed E-state index contributed by atoms with van der Waals surface area (Å²) in [5, 5.41) is 2.89. The second-order valence-electron chi connectivity index (χ2n) is 5.98. The first kappa shape index (κ1) is 16.2. The summed E-state index contributed by atoms with van der Waals surface area (Å²) < 4.78 is 29.3. The van der Waals surface area contributed by atoms with Crippen molar-refractivity contribution in [3.8, 4) is 22.8 Å². The molecule has 0 aliphatic carbocycles. The molecule has 0 unspecified atom stereocenters. The Kier molecular flexibility index (Phi) is 4.08. The number of fused-ring (bicyclic) bond motifs is 1. The third-order valence-electron chi connectivity index (χ3n) is 4.20. The van der Waals surface area contributed by atoms with Crippen molar-refractivity contribution in [3.63, 3.8) is 0 Å². The second kappa shape index (κ2) is 6.55. The topological polar surface area (TPSA) is 60.7 Å². The summed E-state index contributed by atoms with van der Waals surface area (Å²) in [5.74, 6) is 1.41. The van der Waals surface area contributed by atoms with Crippen LogP contribution in [0.25, 0.3) is 11.3 Å². The number of halogens is 1. The smallest absolute Gasteiger partial charge is 0.287 e. The molecule has 1 atom stereocenters. The summed E-state index contributed by atoms with van der Waals surface area (Å²) in [7, 11) is 0. The van der Waals surface area contributed by atoms with E-state index in [1.165, 1.54) is 12.1 Å². The van der Waals surface area contributed by atoms with Crippen molar-refractivity contribution in [2.24, 2.45) is 0 Å². The van der Waals surface area contributed by atoms with Crippen LogP contribution in [0.4, 0.5) is 4.39 Å². The molecule has 0 saturated heterocycles. The van der Waals surface area contributed by atoms with Crippen molar-refractivity contribution in [2.45, 2.75) is 13.0 Å². The number of hydrogen-bond acceptors (Lipinski definition) is 4. The lowest BCUT2D eigenvalue weighted by Gasteiger charge is -2.13. The minimum atomic E-state index is -0.330. The van der Waals surface area contributed by atoms with E-state index in [-0.39, 0.29) is 30.3 Å². The van der Waals surface area contributed by atoms with Crippen molar-refractivity contribution >= 4 is 5.91 Å². The Morgan fingerprint density at radius 3 is 2.62 bits per heavy atom. The van der Waals surface area contributed by atoms with Gasteiger partial charge in [0, 0.05) is 5.56 Å². The highest BCUT2D eigenvalue weighted by atomic mass is 19.1. The van der Waals surface area contributed by atoms with E-state index in [0.717, 1.165) is 5.56 Å². The van der Waals surface area contributed by atoms with Crippen LogP contribution in [-0.2, 0) is 0 Å². The molecule has 4 rings (SSSR count). The molecule has 1 aliphatic heterocycles. The summed E-state index contributed by atoms with van der Waals surface area (Å²) in [4.78, 5) is 12.4. The van der Waals surface area contributed by atoms with Crippen LogP contribution < -0.4 is 14.8 Å². The monoisotopic (exact) mass is 353 g/mol. The molecule has 1 amide bonds. The highest BCUT2D eigenvalue weighted by Crippen LogP contribution is 2.34. The first-order valence-electron chi connectivity index (χ1n) is 8.16. The van der Waals surface area contributed by atoms with Crippen LogP contribution in [0.3, 0.4) is 0 Å². The van der Waals surface area contributed by atoms with Gasteiger partial charge in [0.2, 0.25) is 6.79 Å². The molecule has 3 aromatic rings. The fraction of sp³-hybridized carbons (Fsp3) is 0.150. The minimum Gasteiger partial charge on any atom is -0.454 e. The lowest BCUT2D eigenvalue weighted by Crippen LogP contribution is -2.26. The number of hydrogen-bond donors (Lipinski definition) is 1. The molecule has 1 aliphatic rings. The van der Waals surface area contributed by atoms with Gasteiger partial charge < -0.3 is 19.2 Å². The Bertz CT molecular complexity index is 949. The molecule has 0 bridgehead atoms. The summed E-state index contributed by atoms with van der Waals surface area (Å²) in [5.41, 5.74) is 1.60. The number of rotatable bonds is 4. The molecule has 6 heteroatoms. The predicted molar refractivity (Wildman–Crippen MR) is 92.5 cm³/mol. The van der Waals surface area contributed by atoms with E-state index in [2.05, 4.69) is 5.32 Å². The Labute approximate surface area is 149 Å². The molecule has 0 spiro atoms. The highest BCUT2D eigenvalue weighted by Gasteiger charge is 2.19. The second-order valence-corrected chi connectivity index (χ2v) is 5.98. The van der Waals surface area contributed by atoms with E-state index in [1.54, 1.807) is 24.3 Å². The Balaban J connectivity index is 1.47. The van der Waals surface area contributed by atoms with Crippen molar-refractivity contribution in [2.75, 3.05) is 6.79 Å². The standard InChI is InChI=1S/C20H16FNO4/c1-12(14-4-7-17-19(10-14)25-11-24-17)22-20(23)18-9-8-16(26-18)13-2-5-15(21)6-3-13/h2-10,12H,11H2,1H3,(H,22,23)/t12-/m0/s1. The maximum atomic E-state index is 13.0. The Morgan fingerprint density at radius 1 is 1.04 bits per heavy atom. The van der Waals surface area contributed by atoms with E-state index in [0.29, 0.717) is 22.8 Å². The van der Waals surface area contributed by atoms with Gasteiger partial charge in [-0.25, -0.2) is 4.39 Å². The van der Waals surface area contributed by atoms with Crippen LogP contribution in [-0.4, -0.2) is 12.7 Å². The lowest BCUT2D eigenvalue weighted by molar-refractivity contribution is 0.0912. The SMILES string of the molecule is C[C@H](NC(=O)c1ccc(-c2ccc(F)cc2)o1)c1ccc2c(c1)OCO2. The van der Waals surface area contributed by atoms with Crippen LogP contribution in [0.5, 0.6) is 11.5 Å². The maximum absolute atomic E-state index is 13.0. The number of nitrogens with one attached hydrogen (secondary N) is 1. The summed E-state index contributed by atoms with van der Waals surface area (Å²) in [6.07, 6.45) is 0. The molecule has 1 N–H and O–H groups in total. The van der Waals surface area contributed by atoms with Gasteiger partial charge in [0.25, 0.3) is 5.91 Å². The van der Waals surface area contributed by atoms with Gasteiger partial charge in [-0.1, -0.05) is 6.07 Å². The van der Waals surface area contributed by atoms with E-state index >= 15 is 0 Å². The van der Waals surface area contributed by atoms with Gasteiger partial charge in [-0.3, -0.25) is 4.79 Å². The van der Waals surface area contributed by atoms with E-state index in [9.17, 15) is 9.18 Å². The summed E-state index contributed by atoms with van der Waals surface area (Å²) >= 11 is 0. The number of carbonyl (C=O) groups is 1. The normalized spacial score (nSPS) is 13.5. The highest BCUT2D eigenvalue weighted by molar-refractivity contribution is 5.92. The lowest BCUT2D eigenvalue weighted by atomic mass is 10.1. The molecule has 0 radical (unpaired) electrons. The first-order valence-corrected chi connectivity index (χ1v) is 8.16. The third-order valence-corrected chi connectivity index (χ3v) is 4.20. The first-order chi connectivity index (χ1) is 12.6. The molecule has 5 nitrogen and oxygen atoms in total. The van der Waals surface area contributed by atoms with E-state index in [4.69, 9.17) is 13.9 Å². The molecule has 0 saturated carbocycles. The average molecular weight is 353 g/mol. The fourth-order valence-electron chi connectivity index (χ4n) is 2.76. The minimum absolute atomic E-state index is 0.192. The van der Waals surface area contributed by atoms with Crippen molar-refractivity contribution < 1.29 is 23.1 Å². The van der Waals surface area contributed by atoms with Gasteiger partial charge in [-0.2, -0.15) is 0 Å². The zero-order chi connectivity index (χ0) is 18.1. The van der Waals surface area contributed by atoms with E-state index < -0.39 is 0 Å². The molecule has 1 aromatic heterocycles. The molecule has 2 heterocycles. The van der Waals surface area contributed by atoms with Crippen LogP contribution in [0.15, 0.2) is 59.0 Å². The van der Waals surface area contributed by atoms with Crippen LogP contribution in [0.2, 0.25) is 0 Å². The summed E-state index contributed by atoms with van der Waals surface area (Å²) in [6.45, 7) is 2.08. The Morgan fingerprint density at radius 2 is 1.81 bits per heavy atom. The number of benzene rings is 2. The fourth-order valence-corrected chi connectivity index (χ4v) is 2.76.